The van der Waals surface area contributed by atoms with Gasteiger partial charge in [-0.05, 0) is 74.6 Å². The number of rotatable bonds is 8. The summed E-state index contributed by atoms with van der Waals surface area (Å²) in [4.78, 5) is 13.4. The van der Waals surface area contributed by atoms with E-state index in [9.17, 15) is 4.79 Å². The van der Waals surface area contributed by atoms with Gasteiger partial charge in [-0.1, -0.05) is 78.3 Å². The van der Waals surface area contributed by atoms with E-state index in [0.29, 0.717) is 34.9 Å². The van der Waals surface area contributed by atoms with Crippen LogP contribution in [-0.4, -0.2) is 14.3 Å². The van der Waals surface area contributed by atoms with Crippen LogP contribution in [0.25, 0.3) is 0 Å². The summed E-state index contributed by atoms with van der Waals surface area (Å²) in [6.07, 6.45) is 6.38. The van der Waals surface area contributed by atoms with Crippen molar-refractivity contribution in [2.45, 2.75) is 106 Å². The van der Waals surface area contributed by atoms with Gasteiger partial charge in [0.2, 0.25) is 0 Å². The van der Waals surface area contributed by atoms with Gasteiger partial charge in [0.25, 0.3) is 14.3 Å². The molecular formula is C26H46O2Si. The predicted molar refractivity (Wildman–Crippen MR) is 129 cm³/mol. The lowest BCUT2D eigenvalue weighted by Gasteiger charge is -2.43. The molecule has 0 bridgehead atoms. The molecule has 0 radical (unpaired) electrons. The zero-order chi connectivity index (χ0) is 22.7. The van der Waals surface area contributed by atoms with Gasteiger partial charge in [-0.25, -0.2) is 0 Å². The van der Waals surface area contributed by atoms with Crippen molar-refractivity contribution in [1.29, 1.82) is 0 Å². The summed E-state index contributed by atoms with van der Waals surface area (Å²) in [6.45, 7) is 28.2. The second kappa shape index (κ2) is 9.81. The Morgan fingerprint density at radius 3 is 2.10 bits per heavy atom. The minimum absolute atomic E-state index is 0.0290. The number of hydrogen-bond donors (Lipinski definition) is 0. The third kappa shape index (κ3) is 5.54. The van der Waals surface area contributed by atoms with E-state index >= 15 is 0 Å². The van der Waals surface area contributed by atoms with Crippen LogP contribution in [0, 0.1) is 17.3 Å². The second-order valence-corrected chi connectivity index (χ2v) is 16.2. The van der Waals surface area contributed by atoms with Crippen LogP contribution < -0.4 is 0 Å². The maximum Gasteiger partial charge on any atom is 0.298 e. The second-order valence-electron chi connectivity index (χ2n) is 10.8. The van der Waals surface area contributed by atoms with E-state index in [2.05, 4.69) is 81.0 Å². The van der Waals surface area contributed by atoms with Crippen LogP contribution in [-0.2, 0) is 9.22 Å². The lowest BCUT2D eigenvalue weighted by atomic mass is 9.73. The third-order valence-electron chi connectivity index (χ3n) is 7.22. The fourth-order valence-electron chi connectivity index (χ4n) is 5.28. The van der Waals surface area contributed by atoms with Crippen molar-refractivity contribution < 1.29 is 9.22 Å². The highest BCUT2D eigenvalue weighted by Crippen LogP contribution is 2.44. The molecule has 0 aromatic carbocycles. The Kier molecular flexibility index (Phi) is 8.78. The Morgan fingerprint density at radius 2 is 1.69 bits per heavy atom. The topological polar surface area (TPSA) is 26.3 Å². The Balaban J connectivity index is 3.11. The highest BCUT2D eigenvalue weighted by Gasteiger charge is 2.49. The smallest absolute Gasteiger partial charge is 0.298 e. The molecule has 0 aliphatic heterocycles. The fourth-order valence-corrected chi connectivity index (χ4v) is 10.6. The first kappa shape index (κ1) is 25.9. The van der Waals surface area contributed by atoms with E-state index < -0.39 is 13.7 Å². The van der Waals surface area contributed by atoms with Crippen molar-refractivity contribution in [1.82, 2.24) is 0 Å². The van der Waals surface area contributed by atoms with E-state index in [0.717, 1.165) is 6.42 Å². The summed E-state index contributed by atoms with van der Waals surface area (Å²) < 4.78 is 6.48. The molecule has 0 heterocycles. The predicted octanol–water partition coefficient (Wildman–Crippen LogP) is 8.23. The first-order valence-electron chi connectivity index (χ1n) is 11.4. The Morgan fingerprint density at radius 1 is 1.21 bits per heavy atom. The molecule has 29 heavy (non-hydrogen) atoms. The molecular weight excluding hydrogens is 372 g/mol. The van der Waals surface area contributed by atoms with Crippen LogP contribution in [0.1, 0.15) is 89.0 Å². The van der Waals surface area contributed by atoms with Gasteiger partial charge in [-0.3, -0.25) is 4.79 Å². The van der Waals surface area contributed by atoms with Crippen LogP contribution in [0.3, 0.4) is 0 Å². The summed E-state index contributed by atoms with van der Waals surface area (Å²) in [7, 11) is -2.22. The average molecular weight is 419 g/mol. The van der Waals surface area contributed by atoms with E-state index in [4.69, 9.17) is 4.43 Å². The Labute approximate surface area is 182 Å². The number of carbonyl (C=O) groups excluding carboxylic acids is 1. The molecule has 166 valence electrons. The van der Waals surface area contributed by atoms with Gasteiger partial charge in [-0.2, -0.15) is 0 Å². The summed E-state index contributed by atoms with van der Waals surface area (Å²) in [5.74, 6) is 0.904. The third-order valence-corrected chi connectivity index (χ3v) is 13.2. The molecule has 0 fully saturated rings. The lowest BCUT2D eigenvalue weighted by molar-refractivity contribution is -0.145. The molecule has 0 N–H and O–H groups in total. The first-order chi connectivity index (χ1) is 13.2. The summed E-state index contributed by atoms with van der Waals surface area (Å²) in [5, 5.41) is 0. The van der Waals surface area contributed by atoms with Crippen LogP contribution >= 0.6 is 0 Å². The van der Waals surface area contributed by atoms with Crippen molar-refractivity contribution in [2.75, 3.05) is 0 Å². The quantitative estimate of drug-likeness (QED) is 0.293. The zero-order valence-corrected chi connectivity index (χ0v) is 22.0. The highest BCUT2D eigenvalue weighted by molar-refractivity contribution is 6.78. The first-order valence-corrected chi connectivity index (χ1v) is 13.6. The molecule has 1 aliphatic carbocycles. The van der Waals surface area contributed by atoms with E-state index in [1.807, 2.05) is 13.8 Å². The molecule has 0 unspecified atom stereocenters. The largest absolute Gasteiger partial charge is 0.518 e. The van der Waals surface area contributed by atoms with E-state index in [1.54, 1.807) is 0 Å². The van der Waals surface area contributed by atoms with E-state index in [1.165, 1.54) is 16.7 Å². The summed E-state index contributed by atoms with van der Waals surface area (Å²) >= 11 is 0. The van der Waals surface area contributed by atoms with Crippen LogP contribution in [0.2, 0.25) is 16.6 Å². The molecule has 0 amide bonds. The molecule has 0 saturated carbocycles. The zero-order valence-electron chi connectivity index (χ0n) is 21.0. The summed E-state index contributed by atoms with van der Waals surface area (Å²) in [5.41, 5.74) is 4.63. The number of carbonyl (C=O) groups is 1. The van der Waals surface area contributed by atoms with Crippen LogP contribution in [0.15, 0.2) is 35.5 Å². The molecule has 2 nitrogen and oxygen atoms in total. The maximum atomic E-state index is 13.4. The summed E-state index contributed by atoms with van der Waals surface area (Å²) in [6, 6.07) is 0. The van der Waals surface area contributed by atoms with Gasteiger partial charge in [-0.15, -0.1) is 0 Å². The van der Waals surface area contributed by atoms with Crippen molar-refractivity contribution in [2.24, 2.45) is 17.3 Å². The van der Waals surface area contributed by atoms with Gasteiger partial charge >= 0.3 is 0 Å². The van der Waals surface area contributed by atoms with Gasteiger partial charge in [0, 0.05) is 0 Å². The van der Waals surface area contributed by atoms with Crippen molar-refractivity contribution in [3.05, 3.63) is 35.5 Å². The van der Waals surface area contributed by atoms with Crippen molar-refractivity contribution in [3.8, 4) is 0 Å². The molecule has 0 saturated heterocycles. The molecule has 3 heteroatoms. The monoisotopic (exact) mass is 418 g/mol. The number of hydrogen-bond acceptors (Lipinski definition) is 2. The van der Waals surface area contributed by atoms with Gasteiger partial charge in [0.1, 0.15) is 0 Å². The Bertz CT molecular complexity index is 642. The Hall–Kier alpha value is -1.09. The molecule has 0 spiro atoms. The SMILES string of the molecule is C=C(C)[C@H]1CC=C(C)/C(=C\CC(C)(C)C(=O)O[Si](C(C)C)(C(C)C)C(C)C)[C@@H]1C. The molecule has 0 aromatic rings. The average Bonchev–Trinajstić information content (AvgIpc) is 2.57. The minimum Gasteiger partial charge on any atom is -0.518 e. The normalized spacial score (nSPS) is 22.4. The van der Waals surface area contributed by atoms with Crippen molar-refractivity contribution in [3.63, 3.8) is 0 Å². The van der Waals surface area contributed by atoms with E-state index in [-0.39, 0.29) is 5.97 Å². The molecule has 1 aliphatic rings. The van der Waals surface area contributed by atoms with Gasteiger partial charge in [0.15, 0.2) is 0 Å². The fraction of sp³-hybridized carbons (Fsp3) is 0.731. The number of allylic oxidation sites excluding steroid dienone is 5. The van der Waals surface area contributed by atoms with Crippen LogP contribution in [0.5, 0.6) is 0 Å². The molecule has 1 rings (SSSR count). The standard InChI is InChI=1S/C26H46O2Si/c1-17(2)23-14-13-21(9)24(22(23)10)15-16-26(11,12)25(27)28-29(18(3)4,19(5)6)20(7)8/h13,15,18-20,22-23H,1,14,16H2,2-12H3/b24-15+/t22-,23-/m1/s1. The van der Waals surface area contributed by atoms with Gasteiger partial charge < -0.3 is 4.43 Å². The molecule has 0 aromatic heterocycles. The van der Waals surface area contributed by atoms with Crippen LogP contribution in [0.4, 0.5) is 0 Å². The van der Waals surface area contributed by atoms with Gasteiger partial charge in [0.05, 0.1) is 5.41 Å². The molecule has 2 atom stereocenters. The highest BCUT2D eigenvalue weighted by atomic mass is 28.4. The van der Waals surface area contributed by atoms with Crippen molar-refractivity contribution >= 4 is 14.3 Å². The minimum atomic E-state index is -2.22. The lowest BCUT2D eigenvalue weighted by Crippen LogP contribution is -2.51. The maximum absolute atomic E-state index is 13.4.